The van der Waals surface area contributed by atoms with Crippen molar-refractivity contribution in [1.29, 1.82) is 0 Å². The lowest BCUT2D eigenvalue weighted by Crippen LogP contribution is -2.26. The van der Waals surface area contributed by atoms with Gasteiger partial charge in [0, 0.05) is 6.54 Å². The highest BCUT2D eigenvalue weighted by atomic mass is 16.5. The average molecular weight is 297 g/mol. The Morgan fingerprint density at radius 1 is 0.857 bits per heavy atom. The van der Waals surface area contributed by atoms with Crippen LogP contribution in [0.3, 0.4) is 0 Å². The normalized spacial score (nSPS) is 11.0. The zero-order valence-electron chi connectivity index (χ0n) is 12.6. The molecule has 1 rings (SSSR count). The molecule has 0 bridgehead atoms. The molecule has 0 aliphatic rings. The van der Waals surface area contributed by atoms with Crippen LogP contribution in [0.5, 0.6) is 11.5 Å². The Bertz CT molecular complexity index is 369. The van der Waals surface area contributed by atoms with Crippen LogP contribution in [-0.4, -0.2) is 46.8 Å². The second-order valence-electron chi connectivity index (χ2n) is 5.11. The van der Waals surface area contributed by atoms with Crippen LogP contribution in [0.1, 0.15) is 38.5 Å². The smallest absolute Gasteiger partial charge is 0.160 e. The molecule has 5 heteroatoms. The molecule has 0 unspecified atom stereocenters. The van der Waals surface area contributed by atoms with Gasteiger partial charge in [0.25, 0.3) is 0 Å². The Balaban J connectivity index is 1.92. The van der Waals surface area contributed by atoms with E-state index in [2.05, 4.69) is 0 Å². The predicted molar refractivity (Wildman–Crippen MR) is 82.2 cm³/mol. The standard InChI is InChI=1S/C16H27NO4/c18-13-17(14-19)11-7-3-1-2-4-8-12-21-16-10-6-5-9-15(16)20/h5-6,9-10,18-20H,1-4,7-8,11-14H2. The van der Waals surface area contributed by atoms with Gasteiger partial charge in [-0.25, -0.2) is 0 Å². The SMILES string of the molecule is OCN(CO)CCCCCCCCOc1ccccc1O. The molecule has 0 amide bonds. The fraction of sp³-hybridized carbons (Fsp3) is 0.625. The number of aliphatic hydroxyl groups excluding tert-OH is 2. The number of hydrogen-bond acceptors (Lipinski definition) is 5. The number of aromatic hydroxyl groups is 1. The number of aliphatic hydroxyl groups is 2. The van der Waals surface area contributed by atoms with Crippen molar-refractivity contribution in [3.63, 3.8) is 0 Å². The van der Waals surface area contributed by atoms with Crippen molar-refractivity contribution in [3.8, 4) is 11.5 Å². The van der Waals surface area contributed by atoms with E-state index in [0.29, 0.717) is 12.4 Å². The van der Waals surface area contributed by atoms with E-state index in [1.165, 1.54) is 0 Å². The largest absolute Gasteiger partial charge is 0.504 e. The van der Waals surface area contributed by atoms with E-state index >= 15 is 0 Å². The molecule has 0 aliphatic carbocycles. The summed E-state index contributed by atoms with van der Waals surface area (Å²) in [5.74, 6) is 0.736. The first-order chi connectivity index (χ1) is 10.3. The number of ether oxygens (including phenoxy) is 1. The first-order valence-electron chi connectivity index (χ1n) is 7.62. The van der Waals surface area contributed by atoms with Crippen LogP contribution in [0.25, 0.3) is 0 Å². The molecule has 1 aromatic rings. The van der Waals surface area contributed by atoms with Crippen molar-refractivity contribution in [3.05, 3.63) is 24.3 Å². The summed E-state index contributed by atoms with van der Waals surface area (Å²) in [4.78, 5) is 1.60. The second kappa shape index (κ2) is 11.4. The van der Waals surface area contributed by atoms with E-state index in [1.807, 2.05) is 6.07 Å². The van der Waals surface area contributed by atoms with Gasteiger partial charge in [0.1, 0.15) is 0 Å². The van der Waals surface area contributed by atoms with E-state index < -0.39 is 0 Å². The molecule has 120 valence electrons. The van der Waals surface area contributed by atoms with E-state index in [9.17, 15) is 5.11 Å². The Morgan fingerprint density at radius 2 is 1.48 bits per heavy atom. The molecule has 0 saturated heterocycles. The van der Waals surface area contributed by atoms with Crippen LogP contribution in [0, 0.1) is 0 Å². The van der Waals surface area contributed by atoms with Crippen LogP contribution < -0.4 is 4.74 Å². The zero-order chi connectivity index (χ0) is 15.3. The molecule has 0 saturated carbocycles. The topological polar surface area (TPSA) is 73.2 Å². The van der Waals surface area contributed by atoms with Gasteiger partial charge in [-0.3, -0.25) is 4.90 Å². The minimum Gasteiger partial charge on any atom is -0.504 e. The lowest BCUT2D eigenvalue weighted by molar-refractivity contribution is 0.0284. The van der Waals surface area contributed by atoms with Gasteiger partial charge in [-0.2, -0.15) is 0 Å². The molecule has 0 atom stereocenters. The van der Waals surface area contributed by atoms with Gasteiger partial charge in [-0.05, 0) is 25.0 Å². The van der Waals surface area contributed by atoms with Crippen LogP contribution in [0.4, 0.5) is 0 Å². The Hall–Kier alpha value is -1.30. The summed E-state index contributed by atoms with van der Waals surface area (Å²) in [6.45, 7) is 1.20. The summed E-state index contributed by atoms with van der Waals surface area (Å²) in [5, 5.41) is 27.3. The van der Waals surface area contributed by atoms with Crippen molar-refractivity contribution in [1.82, 2.24) is 4.90 Å². The maximum absolute atomic E-state index is 9.53. The minimum absolute atomic E-state index is 0.0832. The zero-order valence-corrected chi connectivity index (χ0v) is 12.6. The van der Waals surface area contributed by atoms with Gasteiger partial charge in [-0.15, -0.1) is 0 Å². The predicted octanol–water partition coefficient (Wildman–Crippen LogP) is 2.31. The molecule has 3 N–H and O–H groups in total. The molecule has 5 nitrogen and oxygen atoms in total. The van der Waals surface area contributed by atoms with Crippen LogP contribution in [0.15, 0.2) is 24.3 Å². The number of hydrogen-bond donors (Lipinski definition) is 3. The van der Waals surface area contributed by atoms with E-state index in [4.69, 9.17) is 14.9 Å². The first-order valence-corrected chi connectivity index (χ1v) is 7.62. The third-order valence-corrected chi connectivity index (χ3v) is 3.39. The monoisotopic (exact) mass is 297 g/mol. The summed E-state index contributed by atoms with van der Waals surface area (Å²) in [7, 11) is 0. The van der Waals surface area contributed by atoms with Crippen molar-refractivity contribution in [2.75, 3.05) is 26.6 Å². The van der Waals surface area contributed by atoms with Gasteiger partial charge in [0.05, 0.1) is 20.1 Å². The fourth-order valence-electron chi connectivity index (χ4n) is 2.09. The maximum Gasteiger partial charge on any atom is 0.160 e. The summed E-state index contributed by atoms with van der Waals surface area (Å²) in [6, 6.07) is 7.01. The quantitative estimate of drug-likeness (QED) is 0.408. The molecule has 0 heterocycles. The number of benzene rings is 1. The third kappa shape index (κ3) is 7.90. The number of unbranched alkanes of at least 4 members (excludes halogenated alkanes) is 5. The van der Waals surface area contributed by atoms with E-state index in [-0.39, 0.29) is 19.2 Å². The summed E-state index contributed by atoms with van der Waals surface area (Å²) >= 11 is 0. The molecule has 21 heavy (non-hydrogen) atoms. The van der Waals surface area contributed by atoms with Gasteiger partial charge >= 0.3 is 0 Å². The molecule has 0 aliphatic heterocycles. The Kier molecular flexibility index (Phi) is 9.61. The van der Waals surface area contributed by atoms with Gasteiger partial charge < -0.3 is 20.1 Å². The average Bonchev–Trinajstić information content (AvgIpc) is 2.51. The number of rotatable bonds is 12. The van der Waals surface area contributed by atoms with Crippen molar-refractivity contribution < 1.29 is 20.1 Å². The minimum atomic E-state index is -0.0832. The summed E-state index contributed by atoms with van der Waals surface area (Å²) < 4.78 is 5.51. The van der Waals surface area contributed by atoms with E-state index in [0.717, 1.165) is 45.1 Å². The Morgan fingerprint density at radius 3 is 2.14 bits per heavy atom. The lowest BCUT2D eigenvalue weighted by Gasteiger charge is -2.15. The van der Waals surface area contributed by atoms with Crippen LogP contribution >= 0.6 is 0 Å². The van der Waals surface area contributed by atoms with Gasteiger partial charge in [-0.1, -0.05) is 37.8 Å². The fourth-order valence-corrected chi connectivity index (χ4v) is 2.09. The molecule has 0 radical (unpaired) electrons. The lowest BCUT2D eigenvalue weighted by atomic mass is 10.1. The molecule has 0 fully saturated rings. The van der Waals surface area contributed by atoms with E-state index in [1.54, 1.807) is 23.1 Å². The van der Waals surface area contributed by atoms with Gasteiger partial charge in [0.2, 0.25) is 0 Å². The molecule has 0 aromatic heterocycles. The second-order valence-corrected chi connectivity index (χ2v) is 5.11. The highest BCUT2D eigenvalue weighted by Crippen LogP contribution is 2.24. The molecule has 1 aromatic carbocycles. The Labute approximate surface area is 126 Å². The van der Waals surface area contributed by atoms with Gasteiger partial charge in [0.15, 0.2) is 11.5 Å². The highest BCUT2D eigenvalue weighted by molar-refractivity contribution is 5.37. The third-order valence-electron chi connectivity index (χ3n) is 3.39. The maximum atomic E-state index is 9.53. The van der Waals surface area contributed by atoms with Crippen LogP contribution in [0.2, 0.25) is 0 Å². The van der Waals surface area contributed by atoms with Crippen LogP contribution in [-0.2, 0) is 0 Å². The number of nitrogens with zero attached hydrogens (tertiary/aromatic N) is 1. The highest BCUT2D eigenvalue weighted by Gasteiger charge is 2.01. The first kappa shape index (κ1) is 17.8. The molecular weight excluding hydrogens is 270 g/mol. The molecule has 0 spiro atoms. The van der Waals surface area contributed by atoms with Crippen molar-refractivity contribution in [2.24, 2.45) is 0 Å². The number of phenols is 1. The van der Waals surface area contributed by atoms with Crippen molar-refractivity contribution in [2.45, 2.75) is 38.5 Å². The number of phenolic OH excluding ortho intramolecular Hbond substituents is 1. The summed E-state index contributed by atoms with van der Waals surface area (Å²) in [5.41, 5.74) is 0. The number of para-hydroxylation sites is 2. The summed E-state index contributed by atoms with van der Waals surface area (Å²) in [6.07, 6.45) is 6.50. The van der Waals surface area contributed by atoms with Crippen molar-refractivity contribution >= 4 is 0 Å². The molecular formula is C16H27NO4.